The highest BCUT2D eigenvalue weighted by Crippen LogP contribution is 2.31. The third kappa shape index (κ3) is 2.90. The lowest BCUT2D eigenvalue weighted by molar-refractivity contribution is 0.0931. The van der Waals surface area contributed by atoms with Crippen molar-refractivity contribution in [1.82, 2.24) is 20.1 Å². The first-order valence-corrected chi connectivity index (χ1v) is 8.52. The van der Waals surface area contributed by atoms with Crippen molar-refractivity contribution < 1.29 is 14.3 Å². The highest BCUT2D eigenvalue weighted by Gasteiger charge is 2.22. The maximum Gasteiger partial charge on any atom is 0.252 e. The van der Waals surface area contributed by atoms with E-state index in [9.17, 15) is 4.79 Å². The van der Waals surface area contributed by atoms with Crippen LogP contribution in [0.5, 0.6) is 5.75 Å². The number of carbonyl (C=O) groups is 1. The number of amides is 1. The first-order valence-electron chi connectivity index (χ1n) is 8.52. The second-order valence-corrected chi connectivity index (χ2v) is 6.29. The Hall–Kier alpha value is -2.93. The third-order valence-corrected chi connectivity index (χ3v) is 4.60. The Balaban J connectivity index is 1.82. The van der Waals surface area contributed by atoms with E-state index in [-0.39, 0.29) is 11.9 Å². The lowest BCUT2D eigenvalue weighted by atomic mass is 10.1. The van der Waals surface area contributed by atoms with Crippen LogP contribution in [0.2, 0.25) is 0 Å². The lowest BCUT2D eigenvalue weighted by Gasteiger charge is -2.13. The van der Waals surface area contributed by atoms with Crippen LogP contribution in [0, 0.1) is 0 Å². The summed E-state index contributed by atoms with van der Waals surface area (Å²) in [5.74, 6) is 0.564. The normalized spacial score (nSPS) is 16.8. The van der Waals surface area contributed by atoms with Crippen molar-refractivity contribution in [1.29, 1.82) is 0 Å². The van der Waals surface area contributed by atoms with E-state index in [1.54, 1.807) is 24.1 Å². The van der Waals surface area contributed by atoms with Gasteiger partial charge in [0.25, 0.3) is 5.91 Å². The highest BCUT2D eigenvalue weighted by atomic mass is 16.5. The molecular formula is C19H20N4O3. The topological polar surface area (TPSA) is 78.3 Å². The van der Waals surface area contributed by atoms with E-state index in [1.165, 1.54) is 0 Å². The Bertz CT molecular complexity index is 961. The molecule has 1 aliphatic heterocycles. The van der Waals surface area contributed by atoms with E-state index in [4.69, 9.17) is 14.5 Å². The minimum atomic E-state index is -0.142. The number of hydrogen-bond acceptors (Lipinski definition) is 5. The number of pyridine rings is 1. The van der Waals surface area contributed by atoms with E-state index in [0.717, 1.165) is 17.4 Å². The standard InChI is InChI=1S/C19H20N4O3/c1-23-18-15(10-20-23)14(19(24)21-12-7-8-26-11-12)9-16(22-18)13-5-3-4-6-17(13)25-2/h3-6,9-10,12H,7-8,11H2,1-2H3,(H,21,24). The van der Waals surface area contributed by atoms with Crippen molar-refractivity contribution in [3.05, 3.63) is 42.1 Å². The van der Waals surface area contributed by atoms with Crippen molar-refractivity contribution in [3.8, 4) is 17.0 Å². The molecule has 26 heavy (non-hydrogen) atoms. The quantitative estimate of drug-likeness (QED) is 0.778. The minimum Gasteiger partial charge on any atom is -0.496 e. The molecule has 1 aromatic carbocycles. The molecule has 0 spiro atoms. The van der Waals surface area contributed by atoms with Crippen molar-refractivity contribution in [2.45, 2.75) is 12.5 Å². The molecule has 1 saturated heterocycles. The van der Waals surface area contributed by atoms with Gasteiger partial charge in [0.2, 0.25) is 0 Å². The number of methoxy groups -OCH3 is 1. The molecular weight excluding hydrogens is 332 g/mol. The van der Waals surface area contributed by atoms with Gasteiger partial charge < -0.3 is 14.8 Å². The van der Waals surface area contributed by atoms with Crippen molar-refractivity contribution in [2.24, 2.45) is 7.05 Å². The number of carbonyl (C=O) groups excluding carboxylic acids is 1. The van der Waals surface area contributed by atoms with Crippen LogP contribution in [0.4, 0.5) is 0 Å². The molecule has 4 rings (SSSR count). The van der Waals surface area contributed by atoms with Gasteiger partial charge in [0, 0.05) is 19.2 Å². The van der Waals surface area contributed by atoms with Gasteiger partial charge in [-0.1, -0.05) is 12.1 Å². The minimum absolute atomic E-state index is 0.0390. The molecule has 7 heteroatoms. The number of nitrogens with zero attached hydrogens (tertiary/aromatic N) is 3. The predicted octanol–water partition coefficient (Wildman–Crippen LogP) is 2.16. The van der Waals surface area contributed by atoms with E-state index >= 15 is 0 Å². The molecule has 1 N–H and O–H groups in total. The summed E-state index contributed by atoms with van der Waals surface area (Å²) < 4.78 is 12.5. The molecule has 1 amide bonds. The molecule has 3 heterocycles. The summed E-state index contributed by atoms with van der Waals surface area (Å²) in [5, 5.41) is 8.03. The largest absolute Gasteiger partial charge is 0.496 e. The van der Waals surface area contributed by atoms with Crippen LogP contribution in [-0.2, 0) is 11.8 Å². The van der Waals surface area contributed by atoms with Gasteiger partial charge in [0.15, 0.2) is 5.65 Å². The number of benzene rings is 1. The number of aryl methyl sites for hydroxylation is 1. The van der Waals surface area contributed by atoms with Crippen LogP contribution in [0.3, 0.4) is 0 Å². The molecule has 1 atom stereocenters. The van der Waals surface area contributed by atoms with Gasteiger partial charge in [-0.15, -0.1) is 0 Å². The Morgan fingerprint density at radius 3 is 3.00 bits per heavy atom. The Labute approximate surface area is 150 Å². The van der Waals surface area contributed by atoms with Crippen LogP contribution in [0.15, 0.2) is 36.5 Å². The zero-order valence-electron chi connectivity index (χ0n) is 14.7. The SMILES string of the molecule is COc1ccccc1-c1cc(C(=O)NC2CCOC2)c2cnn(C)c2n1. The molecule has 1 unspecified atom stereocenters. The monoisotopic (exact) mass is 352 g/mol. The third-order valence-electron chi connectivity index (χ3n) is 4.60. The number of hydrogen-bond donors (Lipinski definition) is 1. The predicted molar refractivity (Wildman–Crippen MR) is 97.2 cm³/mol. The summed E-state index contributed by atoms with van der Waals surface area (Å²) in [6.07, 6.45) is 2.50. The summed E-state index contributed by atoms with van der Waals surface area (Å²) in [6.45, 7) is 1.22. The first kappa shape index (κ1) is 16.5. The highest BCUT2D eigenvalue weighted by molar-refractivity contribution is 6.06. The summed E-state index contributed by atoms with van der Waals surface area (Å²) in [7, 11) is 3.43. The Morgan fingerprint density at radius 1 is 1.38 bits per heavy atom. The summed E-state index contributed by atoms with van der Waals surface area (Å²) in [5.41, 5.74) is 2.71. The maximum atomic E-state index is 12.9. The van der Waals surface area contributed by atoms with Crippen LogP contribution >= 0.6 is 0 Å². The molecule has 3 aromatic rings. The van der Waals surface area contributed by atoms with Gasteiger partial charge in [-0.3, -0.25) is 9.48 Å². The van der Waals surface area contributed by atoms with Gasteiger partial charge in [-0.25, -0.2) is 4.98 Å². The molecule has 1 fully saturated rings. The van der Waals surface area contributed by atoms with E-state index in [0.29, 0.717) is 35.9 Å². The van der Waals surface area contributed by atoms with Gasteiger partial charge in [0.05, 0.1) is 42.6 Å². The second kappa shape index (κ2) is 6.76. The number of rotatable bonds is 4. The second-order valence-electron chi connectivity index (χ2n) is 6.29. The zero-order chi connectivity index (χ0) is 18.1. The lowest BCUT2D eigenvalue weighted by Crippen LogP contribution is -2.35. The summed E-state index contributed by atoms with van der Waals surface area (Å²) in [6, 6.07) is 9.46. The van der Waals surface area contributed by atoms with Crippen molar-refractivity contribution >= 4 is 16.9 Å². The Kier molecular flexibility index (Phi) is 4.30. The fourth-order valence-corrected chi connectivity index (χ4v) is 3.21. The molecule has 134 valence electrons. The summed E-state index contributed by atoms with van der Waals surface area (Å²) in [4.78, 5) is 17.6. The molecule has 7 nitrogen and oxygen atoms in total. The number of aromatic nitrogens is 3. The average molecular weight is 352 g/mol. The maximum absolute atomic E-state index is 12.9. The molecule has 0 aliphatic carbocycles. The zero-order valence-corrected chi connectivity index (χ0v) is 14.7. The molecule has 0 radical (unpaired) electrons. The van der Waals surface area contributed by atoms with Crippen LogP contribution in [0.1, 0.15) is 16.8 Å². The fourth-order valence-electron chi connectivity index (χ4n) is 3.21. The van der Waals surface area contributed by atoms with Crippen molar-refractivity contribution in [2.75, 3.05) is 20.3 Å². The number of ether oxygens (including phenoxy) is 2. The number of para-hydroxylation sites is 1. The van der Waals surface area contributed by atoms with Gasteiger partial charge in [0.1, 0.15) is 5.75 Å². The Morgan fingerprint density at radius 2 is 2.23 bits per heavy atom. The molecule has 0 bridgehead atoms. The van der Waals surface area contributed by atoms with Gasteiger partial charge in [-0.05, 0) is 24.6 Å². The summed E-state index contributed by atoms with van der Waals surface area (Å²) >= 11 is 0. The molecule has 0 saturated carbocycles. The van der Waals surface area contributed by atoms with Crippen LogP contribution < -0.4 is 10.1 Å². The van der Waals surface area contributed by atoms with Crippen molar-refractivity contribution in [3.63, 3.8) is 0 Å². The molecule has 1 aliphatic rings. The first-order chi connectivity index (χ1) is 12.7. The van der Waals surface area contributed by atoms with Crippen LogP contribution in [0.25, 0.3) is 22.3 Å². The fraction of sp³-hybridized carbons (Fsp3) is 0.316. The van der Waals surface area contributed by atoms with E-state index < -0.39 is 0 Å². The van der Waals surface area contributed by atoms with E-state index in [2.05, 4.69) is 10.4 Å². The van der Waals surface area contributed by atoms with Gasteiger partial charge >= 0.3 is 0 Å². The van der Waals surface area contributed by atoms with Crippen LogP contribution in [-0.4, -0.2) is 47.0 Å². The number of nitrogens with one attached hydrogen (secondary N) is 1. The number of fused-ring (bicyclic) bond motifs is 1. The van der Waals surface area contributed by atoms with Gasteiger partial charge in [-0.2, -0.15) is 5.10 Å². The van der Waals surface area contributed by atoms with E-state index in [1.807, 2.05) is 31.3 Å². The smallest absolute Gasteiger partial charge is 0.252 e. The average Bonchev–Trinajstić information content (AvgIpc) is 3.31. The molecule has 2 aromatic heterocycles.